The maximum atomic E-state index is 12.3. The summed E-state index contributed by atoms with van der Waals surface area (Å²) in [6.45, 7) is 15.6. The number of esters is 1. The summed E-state index contributed by atoms with van der Waals surface area (Å²) in [4.78, 5) is 12.3. The minimum Gasteiger partial charge on any atom is -0.426 e. The molecule has 0 aliphatic carbocycles. The molecule has 0 aliphatic heterocycles. The maximum absolute atomic E-state index is 12.3. The zero-order valence-electron chi connectivity index (χ0n) is 18.4. The fraction of sp³-hybridized carbons (Fsp3) is 0.250. The number of fused-ring (bicyclic) bond motifs is 1. The molecule has 0 heterocycles. The third-order valence-electron chi connectivity index (χ3n) is 5.26. The van der Waals surface area contributed by atoms with Crippen molar-refractivity contribution in [2.24, 2.45) is 5.41 Å². The Labute approximate surface area is 179 Å². The van der Waals surface area contributed by atoms with Crippen LogP contribution < -0.4 is 4.74 Å². The molecule has 2 heteroatoms. The lowest BCUT2D eigenvalue weighted by Crippen LogP contribution is -2.25. The van der Waals surface area contributed by atoms with Gasteiger partial charge in [-0.1, -0.05) is 72.8 Å². The van der Waals surface area contributed by atoms with E-state index in [2.05, 4.69) is 55.6 Å². The number of allylic oxidation sites excluding steroid dienone is 2. The summed E-state index contributed by atoms with van der Waals surface area (Å²) in [7, 11) is 0. The summed E-state index contributed by atoms with van der Waals surface area (Å²) < 4.78 is 5.62. The van der Waals surface area contributed by atoms with Crippen LogP contribution in [0.4, 0.5) is 0 Å². The van der Waals surface area contributed by atoms with Gasteiger partial charge < -0.3 is 4.74 Å². The summed E-state index contributed by atoms with van der Waals surface area (Å²) in [6, 6.07) is 20.7. The van der Waals surface area contributed by atoms with E-state index < -0.39 is 5.41 Å². The van der Waals surface area contributed by atoms with Crippen LogP contribution >= 0.6 is 0 Å². The minimum atomic E-state index is -0.542. The first kappa shape index (κ1) is 21.6. The van der Waals surface area contributed by atoms with E-state index in [1.54, 1.807) is 0 Å². The van der Waals surface area contributed by atoms with Crippen LogP contribution in [0, 0.1) is 5.41 Å². The molecule has 0 bridgehead atoms. The summed E-state index contributed by atoms with van der Waals surface area (Å²) in [5, 5.41) is 2.19. The van der Waals surface area contributed by atoms with Crippen LogP contribution in [0.2, 0.25) is 0 Å². The van der Waals surface area contributed by atoms with Gasteiger partial charge in [-0.05, 0) is 80.1 Å². The number of carbonyl (C=O) groups is 1. The van der Waals surface area contributed by atoms with Crippen LogP contribution in [-0.2, 0) is 11.2 Å². The highest BCUT2D eigenvalue weighted by Crippen LogP contribution is 2.32. The Kier molecular flexibility index (Phi) is 6.26. The van der Waals surface area contributed by atoms with Crippen LogP contribution in [0.25, 0.3) is 21.9 Å². The van der Waals surface area contributed by atoms with Gasteiger partial charge in [0.15, 0.2) is 0 Å². The molecule has 0 fully saturated rings. The second kappa shape index (κ2) is 8.71. The van der Waals surface area contributed by atoms with E-state index >= 15 is 0 Å². The highest BCUT2D eigenvalue weighted by atomic mass is 16.5. The van der Waals surface area contributed by atoms with Gasteiger partial charge in [-0.25, -0.2) is 0 Å². The average molecular weight is 399 g/mol. The van der Waals surface area contributed by atoms with Crippen molar-refractivity contribution in [1.29, 1.82) is 0 Å². The van der Waals surface area contributed by atoms with Crippen molar-refractivity contribution in [3.05, 3.63) is 90.5 Å². The van der Waals surface area contributed by atoms with Gasteiger partial charge in [-0.2, -0.15) is 0 Å². The number of hydrogen-bond acceptors (Lipinski definition) is 2. The second-order valence-corrected chi connectivity index (χ2v) is 8.91. The Morgan fingerprint density at radius 3 is 2.30 bits per heavy atom. The molecule has 0 N–H and O–H groups in total. The predicted molar refractivity (Wildman–Crippen MR) is 127 cm³/mol. The molecule has 0 aromatic heterocycles. The van der Waals surface area contributed by atoms with Gasteiger partial charge in [0.05, 0.1) is 5.41 Å². The SMILES string of the molecule is C=C(C)C(=C)CCc1ccc(-c2cccc3ccc(OC(=O)C(C)(C)C)cc23)cc1. The molecule has 3 aromatic rings. The van der Waals surface area contributed by atoms with Crippen molar-refractivity contribution in [2.75, 3.05) is 0 Å². The molecule has 0 saturated heterocycles. The summed E-state index contributed by atoms with van der Waals surface area (Å²) >= 11 is 0. The van der Waals surface area contributed by atoms with Gasteiger partial charge in [0.25, 0.3) is 0 Å². The standard InChI is InChI=1S/C28H30O2/c1-19(2)20(3)10-11-21-12-14-23(15-13-21)25-9-7-8-22-16-17-24(18-26(22)25)30-27(29)28(4,5)6/h7-9,12-18H,1,3,10-11H2,2,4-6H3. The maximum Gasteiger partial charge on any atom is 0.316 e. The van der Waals surface area contributed by atoms with Crippen LogP contribution in [0.3, 0.4) is 0 Å². The van der Waals surface area contributed by atoms with Gasteiger partial charge in [-0.3, -0.25) is 4.79 Å². The predicted octanol–water partition coefficient (Wildman–Crippen LogP) is 7.52. The number of hydrogen-bond donors (Lipinski definition) is 0. The van der Waals surface area contributed by atoms with E-state index in [4.69, 9.17) is 4.74 Å². The lowest BCUT2D eigenvalue weighted by atomic mass is 9.95. The van der Waals surface area contributed by atoms with Crippen molar-refractivity contribution in [3.63, 3.8) is 0 Å². The van der Waals surface area contributed by atoms with E-state index in [0.29, 0.717) is 5.75 Å². The van der Waals surface area contributed by atoms with Crippen molar-refractivity contribution >= 4 is 16.7 Å². The molecule has 30 heavy (non-hydrogen) atoms. The molecule has 154 valence electrons. The Balaban J connectivity index is 1.88. The lowest BCUT2D eigenvalue weighted by molar-refractivity contribution is -0.142. The minimum absolute atomic E-state index is 0.236. The van der Waals surface area contributed by atoms with Crippen LogP contribution in [0.15, 0.2) is 85.0 Å². The molecule has 0 radical (unpaired) electrons. The summed E-state index contributed by atoms with van der Waals surface area (Å²) in [5.74, 6) is 0.338. The zero-order chi connectivity index (χ0) is 21.9. The van der Waals surface area contributed by atoms with Crippen LogP contribution in [-0.4, -0.2) is 5.97 Å². The van der Waals surface area contributed by atoms with Crippen molar-refractivity contribution in [1.82, 2.24) is 0 Å². The van der Waals surface area contributed by atoms with Crippen molar-refractivity contribution in [2.45, 2.75) is 40.5 Å². The third-order valence-corrected chi connectivity index (χ3v) is 5.26. The van der Waals surface area contributed by atoms with E-state index in [1.807, 2.05) is 45.9 Å². The zero-order valence-corrected chi connectivity index (χ0v) is 18.4. The molecular weight excluding hydrogens is 368 g/mol. The first-order chi connectivity index (χ1) is 14.1. The second-order valence-electron chi connectivity index (χ2n) is 8.91. The highest BCUT2D eigenvalue weighted by molar-refractivity contribution is 5.97. The van der Waals surface area contributed by atoms with Gasteiger partial charge in [-0.15, -0.1) is 0 Å². The molecule has 0 saturated carbocycles. The Hall–Kier alpha value is -3.13. The summed E-state index contributed by atoms with van der Waals surface area (Å²) in [5.41, 5.74) is 5.15. The van der Waals surface area contributed by atoms with Gasteiger partial charge in [0.2, 0.25) is 0 Å². The third kappa shape index (κ3) is 5.07. The Bertz CT molecular complexity index is 1100. The van der Waals surface area contributed by atoms with Crippen molar-refractivity contribution in [3.8, 4) is 16.9 Å². The van der Waals surface area contributed by atoms with E-state index in [1.165, 1.54) is 5.56 Å². The Morgan fingerprint density at radius 1 is 0.967 bits per heavy atom. The number of ether oxygens (including phenoxy) is 1. The molecule has 0 spiro atoms. The molecule has 3 rings (SSSR count). The van der Waals surface area contributed by atoms with Crippen LogP contribution in [0.1, 0.15) is 39.7 Å². The molecule has 0 amide bonds. The number of rotatable bonds is 6. The average Bonchev–Trinajstić information content (AvgIpc) is 2.71. The lowest BCUT2D eigenvalue weighted by Gasteiger charge is -2.17. The van der Waals surface area contributed by atoms with Crippen molar-refractivity contribution < 1.29 is 9.53 Å². The normalized spacial score (nSPS) is 11.3. The molecule has 0 unspecified atom stereocenters. The molecular formula is C28H30O2. The fourth-order valence-electron chi connectivity index (χ4n) is 3.19. The molecule has 2 nitrogen and oxygen atoms in total. The smallest absolute Gasteiger partial charge is 0.316 e. The topological polar surface area (TPSA) is 26.3 Å². The van der Waals surface area contributed by atoms with Gasteiger partial charge in [0, 0.05) is 0 Å². The molecule has 3 aromatic carbocycles. The monoisotopic (exact) mass is 398 g/mol. The quantitative estimate of drug-likeness (QED) is 0.244. The van der Waals surface area contributed by atoms with E-state index in [-0.39, 0.29) is 5.97 Å². The van der Waals surface area contributed by atoms with Gasteiger partial charge >= 0.3 is 5.97 Å². The Morgan fingerprint density at radius 2 is 1.67 bits per heavy atom. The number of benzene rings is 3. The fourth-order valence-corrected chi connectivity index (χ4v) is 3.19. The van der Waals surface area contributed by atoms with E-state index in [0.717, 1.165) is 45.9 Å². The summed E-state index contributed by atoms with van der Waals surface area (Å²) in [6.07, 6.45) is 1.87. The van der Waals surface area contributed by atoms with E-state index in [9.17, 15) is 4.79 Å². The largest absolute Gasteiger partial charge is 0.426 e. The molecule has 0 atom stereocenters. The molecule has 0 aliphatic rings. The number of aryl methyl sites for hydroxylation is 1. The highest BCUT2D eigenvalue weighted by Gasteiger charge is 2.23. The first-order valence-corrected chi connectivity index (χ1v) is 10.3. The first-order valence-electron chi connectivity index (χ1n) is 10.3. The van der Waals surface area contributed by atoms with Gasteiger partial charge in [0.1, 0.15) is 5.75 Å². The van der Waals surface area contributed by atoms with Crippen LogP contribution in [0.5, 0.6) is 5.75 Å². The number of carbonyl (C=O) groups excluding carboxylic acids is 1.